The molecule has 0 aromatic rings. The number of halogens is 2. The number of rotatable bonds is 4. The van der Waals surface area contributed by atoms with Gasteiger partial charge in [0.1, 0.15) is 0 Å². The average Bonchev–Trinajstić information content (AvgIpc) is 2.16. The van der Waals surface area contributed by atoms with Crippen LogP contribution < -0.4 is 0 Å². The summed E-state index contributed by atoms with van der Waals surface area (Å²) in [7, 11) is -0.695. The van der Waals surface area contributed by atoms with Crippen LogP contribution in [0.25, 0.3) is 0 Å². The predicted molar refractivity (Wildman–Crippen MR) is 94.0 cm³/mol. The summed E-state index contributed by atoms with van der Waals surface area (Å²) in [6.07, 6.45) is -1.84. The molecule has 2 atom stereocenters. The van der Waals surface area contributed by atoms with Gasteiger partial charge in [-0.15, -0.1) is 0 Å². The average molecular weight is 332 g/mol. The second-order valence-electron chi connectivity index (χ2n) is 6.51. The van der Waals surface area contributed by atoms with Crippen LogP contribution >= 0.6 is 36.1 Å². The minimum atomic E-state index is -1.84. The van der Waals surface area contributed by atoms with E-state index in [1.54, 1.807) is 0 Å². The van der Waals surface area contributed by atoms with Gasteiger partial charge in [-0.25, -0.2) is 0 Å². The first-order chi connectivity index (χ1) is 7.90. The zero-order valence-electron chi connectivity index (χ0n) is 13.1. The van der Waals surface area contributed by atoms with Gasteiger partial charge in [-0.05, 0) is 10.7 Å². The molecule has 0 rings (SSSR count). The lowest BCUT2D eigenvalue weighted by Crippen LogP contribution is -2.29. The van der Waals surface area contributed by atoms with Crippen molar-refractivity contribution in [2.75, 3.05) is 13.1 Å². The summed E-state index contributed by atoms with van der Waals surface area (Å²) in [4.78, 5) is 0. The molecule has 1 nitrogen and oxygen atoms in total. The van der Waals surface area contributed by atoms with Crippen LogP contribution in [-0.4, -0.2) is 33.6 Å². The molecule has 0 amide bonds. The molecule has 0 aromatic carbocycles. The maximum atomic E-state index is 7.10. The molecule has 0 heterocycles. The molecule has 2 unspecified atom stereocenters. The van der Waals surface area contributed by atoms with Crippen LogP contribution in [0.2, 0.25) is 0 Å². The highest BCUT2D eigenvalue weighted by Gasteiger charge is 2.36. The van der Waals surface area contributed by atoms with E-state index in [-0.39, 0.29) is 10.3 Å². The molecule has 0 saturated heterocycles. The van der Waals surface area contributed by atoms with E-state index in [1.165, 1.54) is 0 Å². The molecule has 0 N–H and O–H groups in total. The van der Waals surface area contributed by atoms with Crippen molar-refractivity contribution in [2.24, 2.45) is 0 Å². The zero-order chi connectivity index (χ0) is 14.8. The second-order valence-corrected chi connectivity index (χ2v) is 15.1. The van der Waals surface area contributed by atoms with Crippen LogP contribution in [0.4, 0.5) is 0 Å². The molecule has 0 aliphatic rings. The Labute approximate surface area is 125 Å². The fourth-order valence-corrected chi connectivity index (χ4v) is 10.7. The van der Waals surface area contributed by atoms with E-state index in [2.05, 4.69) is 65.6 Å². The van der Waals surface area contributed by atoms with Crippen LogP contribution in [0.1, 0.15) is 55.4 Å². The maximum Gasteiger partial charge on any atom is 0.0454 e. The first-order valence-corrected chi connectivity index (χ1v) is 11.6. The van der Waals surface area contributed by atoms with E-state index < -0.39 is 13.7 Å². The van der Waals surface area contributed by atoms with Crippen LogP contribution in [0.3, 0.4) is 0 Å². The van der Waals surface area contributed by atoms with E-state index >= 15 is 0 Å². The summed E-state index contributed by atoms with van der Waals surface area (Å²) in [6, 6.07) is 0. The van der Waals surface area contributed by atoms with Crippen molar-refractivity contribution in [3.8, 4) is 0 Å². The molecule has 0 aromatic heterocycles. The number of hydrogen-bond acceptors (Lipinski definition) is 1. The van der Waals surface area contributed by atoms with Crippen molar-refractivity contribution >= 4 is 41.7 Å². The molecule has 110 valence electrons. The van der Waals surface area contributed by atoms with Crippen molar-refractivity contribution in [2.45, 2.75) is 65.7 Å². The summed E-state index contributed by atoms with van der Waals surface area (Å²) < 4.78 is 2.40. The first kappa shape index (κ1) is 19.3. The maximum absolute atomic E-state index is 7.10. The molecular weight excluding hydrogens is 303 g/mol. The van der Waals surface area contributed by atoms with Crippen molar-refractivity contribution in [1.82, 2.24) is 4.67 Å². The third-order valence-electron chi connectivity index (χ3n) is 2.98. The highest BCUT2D eigenvalue weighted by atomic mass is 35.7. The van der Waals surface area contributed by atoms with E-state index in [0.717, 1.165) is 13.1 Å². The fraction of sp³-hybridized carbons (Fsp3) is 0.923. The standard InChI is InChI=1S/C13H29Cl2NP2/c1-9-16(10-2)18(15,13(6,7)8)11-17(14)12(3,4)5/h11H,9-10H2,1-8H3. The van der Waals surface area contributed by atoms with Gasteiger partial charge in [0, 0.05) is 31.9 Å². The summed E-state index contributed by atoms with van der Waals surface area (Å²) in [5.74, 6) is 0. The van der Waals surface area contributed by atoms with Gasteiger partial charge in [-0.3, -0.25) is 4.67 Å². The molecular formula is C13H29Cl2NP2. The van der Waals surface area contributed by atoms with E-state index in [1.807, 2.05) is 0 Å². The predicted octanol–water partition coefficient (Wildman–Crippen LogP) is 6.41. The minimum absolute atomic E-state index is 0.0568. The normalized spacial score (nSPS) is 18.6. The van der Waals surface area contributed by atoms with E-state index in [9.17, 15) is 0 Å². The van der Waals surface area contributed by atoms with Gasteiger partial charge >= 0.3 is 0 Å². The van der Waals surface area contributed by atoms with Crippen LogP contribution in [0.5, 0.6) is 0 Å². The molecule has 0 bridgehead atoms. The van der Waals surface area contributed by atoms with Crippen molar-refractivity contribution in [1.29, 1.82) is 0 Å². The lowest BCUT2D eigenvalue weighted by molar-refractivity contribution is 0.495. The Morgan fingerprint density at radius 3 is 1.67 bits per heavy atom. The molecule has 5 heteroatoms. The lowest BCUT2D eigenvalue weighted by atomic mass is 10.3. The topological polar surface area (TPSA) is 3.24 Å². The van der Waals surface area contributed by atoms with Crippen LogP contribution in [0.15, 0.2) is 0 Å². The van der Waals surface area contributed by atoms with Crippen LogP contribution in [-0.2, 0) is 0 Å². The second kappa shape index (κ2) is 6.82. The lowest BCUT2D eigenvalue weighted by Gasteiger charge is -2.42. The van der Waals surface area contributed by atoms with E-state index in [0.29, 0.717) is 0 Å². The SMILES string of the molecule is CCN(CC)P(Cl)(=CP(Cl)C(C)(C)C)C(C)(C)C. The molecule has 18 heavy (non-hydrogen) atoms. The van der Waals surface area contributed by atoms with Crippen molar-refractivity contribution in [3.05, 3.63) is 0 Å². The third-order valence-corrected chi connectivity index (χ3v) is 14.8. The monoisotopic (exact) mass is 331 g/mol. The molecule has 0 saturated carbocycles. The molecule has 0 aliphatic heterocycles. The molecule has 0 aliphatic carbocycles. The Morgan fingerprint density at radius 1 is 1.06 bits per heavy atom. The Morgan fingerprint density at radius 2 is 1.44 bits per heavy atom. The van der Waals surface area contributed by atoms with Gasteiger partial charge < -0.3 is 0 Å². The summed E-state index contributed by atoms with van der Waals surface area (Å²) in [5.41, 5.74) is 2.29. The number of nitrogens with zero attached hydrogens (tertiary/aromatic N) is 1. The Bertz CT molecular complexity index is 312. The van der Waals surface area contributed by atoms with Gasteiger partial charge in [0.15, 0.2) is 0 Å². The van der Waals surface area contributed by atoms with Crippen molar-refractivity contribution in [3.63, 3.8) is 0 Å². The van der Waals surface area contributed by atoms with Gasteiger partial charge in [-0.2, -0.15) is 0 Å². The smallest absolute Gasteiger partial charge is 0.0454 e. The van der Waals surface area contributed by atoms with Crippen LogP contribution in [0, 0.1) is 0 Å². The van der Waals surface area contributed by atoms with E-state index in [4.69, 9.17) is 22.5 Å². The largest absolute Gasteiger partial charge is 0.272 e. The minimum Gasteiger partial charge on any atom is -0.272 e. The molecule has 0 radical (unpaired) electrons. The highest BCUT2D eigenvalue weighted by molar-refractivity contribution is 8.12. The van der Waals surface area contributed by atoms with Gasteiger partial charge in [0.2, 0.25) is 0 Å². The number of hydrogen-bond donors (Lipinski definition) is 0. The van der Waals surface area contributed by atoms with Crippen molar-refractivity contribution < 1.29 is 0 Å². The highest BCUT2D eigenvalue weighted by Crippen LogP contribution is 2.70. The molecule has 0 fully saturated rings. The van der Waals surface area contributed by atoms with Gasteiger partial charge in [0.05, 0.1) is 0 Å². The quantitative estimate of drug-likeness (QED) is 0.538. The first-order valence-electron chi connectivity index (χ1n) is 6.55. The van der Waals surface area contributed by atoms with Gasteiger partial charge in [0.25, 0.3) is 0 Å². The Hall–Kier alpha value is 1.27. The summed E-state index contributed by atoms with van der Waals surface area (Å²) in [5, 5.41) is 0.163. The third kappa shape index (κ3) is 4.68. The Kier molecular flexibility index (Phi) is 7.30. The Balaban J connectivity index is 5.71. The molecule has 0 spiro atoms. The summed E-state index contributed by atoms with van der Waals surface area (Å²) >= 11 is 13.7. The summed E-state index contributed by atoms with van der Waals surface area (Å²) in [6.45, 7) is 19.6. The van der Waals surface area contributed by atoms with Gasteiger partial charge in [-0.1, -0.05) is 77.9 Å². The fourth-order valence-electron chi connectivity index (χ4n) is 1.61. The zero-order valence-corrected chi connectivity index (χ0v) is 16.4.